The first kappa shape index (κ1) is 14.0. The zero-order chi connectivity index (χ0) is 12.7. The molecule has 0 aromatic rings. The molecule has 0 heterocycles. The maximum atomic E-state index is 11.8. The molecule has 0 spiro atoms. The number of nitrogens with one attached hydrogen (secondary N) is 2. The number of methoxy groups -OCH3 is 1. The summed E-state index contributed by atoms with van der Waals surface area (Å²) in [5, 5.41) is 5.57. The van der Waals surface area contributed by atoms with Crippen molar-refractivity contribution in [3.63, 3.8) is 0 Å². The Morgan fingerprint density at radius 2 is 1.94 bits per heavy atom. The van der Waals surface area contributed by atoms with Gasteiger partial charge in [0.05, 0.1) is 0 Å². The molecule has 17 heavy (non-hydrogen) atoms. The first-order chi connectivity index (χ1) is 8.13. The van der Waals surface area contributed by atoms with Gasteiger partial charge in [0, 0.05) is 13.2 Å². The van der Waals surface area contributed by atoms with E-state index in [0.717, 1.165) is 12.8 Å². The van der Waals surface area contributed by atoms with Crippen LogP contribution in [0.4, 0.5) is 0 Å². The van der Waals surface area contributed by atoms with Crippen LogP contribution in [-0.2, 0) is 14.3 Å². The highest BCUT2D eigenvalue weighted by molar-refractivity contribution is 5.87. The minimum Gasteiger partial charge on any atom is -0.375 e. The fraction of sp³-hybridized carbons (Fsp3) is 0.833. The molecule has 0 saturated heterocycles. The molecule has 1 aliphatic rings. The van der Waals surface area contributed by atoms with Gasteiger partial charge < -0.3 is 15.4 Å². The topological polar surface area (TPSA) is 67.4 Å². The number of ether oxygens (including phenoxy) is 1. The van der Waals surface area contributed by atoms with Crippen molar-refractivity contribution in [2.24, 2.45) is 0 Å². The van der Waals surface area contributed by atoms with Crippen LogP contribution in [0.5, 0.6) is 0 Å². The Morgan fingerprint density at radius 1 is 1.29 bits per heavy atom. The van der Waals surface area contributed by atoms with Crippen molar-refractivity contribution in [3.05, 3.63) is 0 Å². The fourth-order valence-electron chi connectivity index (χ4n) is 2.05. The van der Waals surface area contributed by atoms with E-state index < -0.39 is 6.04 Å². The molecular formula is C12H22N2O3. The van der Waals surface area contributed by atoms with Crippen molar-refractivity contribution in [1.29, 1.82) is 0 Å². The molecule has 98 valence electrons. The summed E-state index contributed by atoms with van der Waals surface area (Å²) in [6.07, 6.45) is 5.70. The molecule has 0 radical (unpaired) electrons. The lowest BCUT2D eigenvalue weighted by atomic mass is 9.95. The van der Waals surface area contributed by atoms with E-state index in [2.05, 4.69) is 10.6 Å². The predicted molar refractivity (Wildman–Crippen MR) is 64.5 cm³/mol. The highest BCUT2D eigenvalue weighted by atomic mass is 16.5. The molecule has 2 N–H and O–H groups in total. The van der Waals surface area contributed by atoms with E-state index >= 15 is 0 Å². The van der Waals surface area contributed by atoms with E-state index in [-0.39, 0.29) is 24.5 Å². The quantitative estimate of drug-likeness (QED) is 0.741. The van der Waals surface area contributed by atoms with Gasteiger partial charge in [-0.05, 0) is 19.8 Å². The predicted octanol–water partition coefficient (Wildman–Crippen LogP) is 0.586. The molecule has 0 bridgehead atoms. The van der Waals surface area contributed by atoms with E-state index in [4.69, 9.17) is 4.74 Å². The molecule has 5 nitrogen and oxygen atoms in total. The second-order valence-electron chi connectivity index (χ2n) is 4.57. The summed E-state index contributed by atoms with van der Waals surface area (Å²) in [5.41, 5.74) is 0. The van der Waals surface area contributed by atoms with Crippen LogP contribution in [-0.4, -0.2) is 37.6 Å². The molecule has 2 amide bonds. The Balaban J connectivity index is 2.28. The van der Waals surface area contributed by atoms with Crippen LogP contribution >= 0.6 is 0 Å². The van der Waals surface area contributed by atoms with E-state index in [0.29, 0.717) is 0 Å². The van der Waals surface area contributed by atoms with Gasteiger partial charge in [0.15, 0.2) is 0 Å². The average Bonchev–Trinajstić information content (AvgIpc) is 2.30. The SMILES string of the molecule is COCC(=O)N[C@@H](C)C(=O)NC1CCCCC1. The van der Waals surface area contributed by atoms with Crippen LogP contribution < -0.4 is 10.6 Å². The van der Waals surface area contributed by atoms with E-state index in [1.807, 2.05) is 0 Å². The molecule has 1 aliphatic carbocycles. The smallest absolute Gasteiger partial charge is 0.246 e. The Kier molecular flexibility index (Phi) is 5.97. The molecule has 5 heteroatoms. The molecule has 0 aromatic carbocycles. The summed E-state index contributed by atoms with van der Waals surface area (Å²) in [5.74, 6) is -0.375. The minimum absolute atomic E-state index is 0.0128. The number of carbonyl (C=O) groups is 2. The lowest BCUT2D eigenvalue weighted by Gasteiger charge is -2.24. The molecule has 1 fully saturated rings. The first-order valence-electron chi connectivity index (χ1n) is 6.22. The van der Waals surface area contributed by atoms with E-state index in [9.17, 15) is 9.59 Å². The first-order valence-corrected chi connectivity index (χ1v) is 6.22. The molecule has 0 aliphatic heterocycles. The number of rotatable bonds is 5. The van der Waals surface area contributed by atoms with Crippen LogP contribution in [0.25, 0.3) is 0 Å². The number of hydrogen-bond acceptors (Lipinski definition) is 3. The van der Waals surface area contributed by atoms with Crippen molar-refractivity contribution in [2.75, 3.05) is 13.7 Å². The molecular weight excluding hydrogens is 220 g/mol. The van der Waals surface area contributed by atoms with E-state index in [1.54, 1.807) is 6.92 Å². The average molecular weight is 242 g/mol. The maximum absolute atomic E-state index is 11.8. The molecule has 0 unspecified atom stereocenters. The highest BCUT2D eigenvalue weighted by Gasteiger charge is 2.20. The molecule has 1 atom stereocenters. The third kappa shape index (κ3) is 5.17. The van der Waals surface area contributed by atoms with Crippen LogP contribution in [0.2, 0.25) is 0 Å². The standard InChI is InChI=1S/C12H22N2O3/c1-9(13-11(15)8-17-2)12(16)14-10-6-4-3-5-7-10/h9-10H,3-8H2,1-2H3,(H,13,15)(H,14,16)/t9-/m0/s1. The molecule has 0 aromatic heterocycles. The Labute approximate surface area is 102 Å². The minimum atomic E-state index is -0.500. The largest absolute Gasteiger partial charge is 0.375 e. The van der Waals surface area contributed by atoms with Crippen LogP contribution in [0.1, 0.15) is 39.0 Å². The summed E-state index contributed by atoms with van der Waals surface area (Å²) < 4.78 is 4.69. The highest BCUT2D eigenvalue weighted by Crippen LogP contribution is 2.17. The monoisotopic (exact) mass is 242 g/mol. The van der Waals surface area contributed by atoms with Crippen LogP contribution in [0.15, 0.2) is 0 Å². The summed E-state index contributed by atoms with van der Waals surface area (Å²) >= 11 is 0. The summed E-state index contributed by atoms with van der Waals surface area (Å²) in [6.45, 7) is 1.67. The van der Waals surface area contributed by atoms with Gasteiger partial charge in [-0.25, -0.2) is 0 Å². The van der Waals surface area contributed by atoms with Crippen molar-refractivity contribution in [3.8, 4) is 0 Å². The Bertz CT molecular complexity index is 262. The van der Waals surface area contributed by atoms with Crippen molar-refractivity contribution in [1.82, 2.24) is 10.6 Å². The summed E-state index contributed by atoms with van der Waals surface area (Å²) in [4.78, 5) is 23.0. The van der Waals surface area contributed by atoms with Gasteiger partial charge in [-0.1, -0.05) is 19.3 Å². The van der Waals surface area contributed by atoms with Crippen molar-refractivity contribution < 1.29 is 14.3 Å². The normalized spacial score (nSPS) is 18.5. The number of carbonyl (C=O) groups excluding carboxylic acids is 2. The Hall–Kier alpha value is -1.10. The van der Waals surface area contributed by atoms with Gasteiger partial charge >= 0.3 is 0 Å². The van der Waals surface area contributed by atoms with Gasteiger partial charge in [0.25, 0.3) is 0 Å². The van der Waals surface area contributed by atoms with Gasteiger partial charge in [-0.3, -0.25) is 9.59 Å². The second kappa shape index (κ2) is 7.27. The van der Waals surface area contributed by atoms with Gasteiger partial charge in [-0.2, -0.15) is 0 Å². The van der Waals surface area contributed by atoms with Crippen molar-refractivity contribution >= 4 is 11.8 Å². The summed E-state index contributed by atoms with van der Waals surface area (Å²) in [6, 6.07) is -0.224. The maximum Gasteiger partial charge on any atom is 0.246 e. The second-order valence-corrected chi connectivity index (χ2v) is 4.57. The molecule has 1 rings (SSSR count). The third-order valence-electron chi connectivity index (χ3n) is 3.00. The van der Waals surface area contributed by atoms with Gasteiger partial charge in [0.2, 0.25) is 11.8 Å². The number of amides is 2. The Morgan fingerprint density at radius 3 is 2.53 bits per heavy atom. The lowest BCUT2D eigenvalue weighted by Crippen LogP contribution is -2.49. The van der Waals surface area contributed by atoms with Crippen LogP contribution in [0.3, 0.4) is 0 Å². The third-order valence-corrected chi connectivity index (χ3v) is 3.00. The van der Waals surface area contributed by atoms with Crippen molar-refractivity contribution in [2.45, 2.75) is 51.1 Å². The van der Waals surface area contributed by atoms with Gasteiger partial charge in [-0.15, -0.1) is 0 Å². The zero-order valence-corrected chi connectivity index (χ0v) is 10.6. The van der Waals surface area contributed by atoms with Gasteiger partial charge in [0.1, 0.15) is 12.6 Å². The number of hydrogen-bond donors (Lipinski definition) is 2. The molecule has 1 saturated carbocycles. The van der Waals surface area contributed by atoms with E-state index in [1.165, 1.54) is 26.4 Å². The summed E-state index contributed by atoms with van der Waals surface area (Å²) in [7, 11) is 1.45. The zero-order valence-electron chi connectivity index (χ0n) is 10.6. The fourth-order valence-corrected chi connectivity index (χ4v) is 2.05. The lowest BCUT2D eigenvalue weighted by molar-refractivity contribution is -0.131. The van der Waals surface area contributed by atoms with Crippen LogP contribution in [0, 0.1) is 0 Å².